The van der Waals surface area contributed by atoms with E-state index in [-0.39, 0.29) is 0 Å². The van der Waals surface area contributed by atoms with Gasteiger partial charge in [-0.3, -0.25) is 0 Å². The minimum absolute atomic E-state index is 0.578. The van der Waals surface area contributed by atoms with Crippen molar-refractivity contribution in [1.82, 2.24) is 0 Å². The van der Waals surface area contributed by atoms with E-state index in [9.17, 15) is 5.11 Å². The van der Waals surface area contributed by atoms with Crippen molar-refractivity contribution in [2.45, 2.75) is 18.4 Å². The third kappa shape index (κ3) is 2.91. The van der Waals surface area contributed by atoms with Gasteiger partial charge in [-0.15, -0.1) is 0 Å². The van der Waals surface area contributed by atoms with Crippen LogP contribution in [0.1, 0.15) is 23.3 Å². The molecule has 3 rings (SSSR count). The fraction of sp³-hybridized carbons (Fsp3) is 0.158. The van der Waals surface area contributed by atoms with Crippen molar-refractivity contribution in [3.8, 4) is 0 Å². The van der Waals surface area contributed by atoms with E-state index in [1.165, 1.54) is 0 Å². The van der Waals surface area contributed by atoms with Gasteiger partial charge in [0.2, 0.25) is 0 Å². The van der Waals surface area contributed by atoms with Gasteiger partial charge in [0.05, 0.1) is 6.26 Å². The van der Waals surface area contributed by atoms with Gasteiger partial charge in [-0.05, 0) is 29.7 Å². The Morgan fingerprint density at radius 1 is 0.762 bits per heavy atom. The van der Waals surface area contributed by atoms with Crippen LogP contribution in [0.25, 0.3) is 0 Å². The molecule has 0 atom stereocenters. The lowest BCUT2D eigenvalue weighted by Gasteiger charge is -2.29. The van der Waals surface area contributed by atoms with Gasteiger partial charge in [-0.25, -0.2) is 0 Å². The third-order valence-electron chi connectivity index (χ3n) is 3.82. The molecule has 2 heteroatoms. The molecule has 0 unspecified atom stereocenters. The number of aliphatic hydroxyl groups is 1. The molecule has 21 heavy (non-hydrogen) atoms. The second-order valence-corrected chi connectivity index (χ2v) is 5.17. The predicted molar refractivity (Wildman–Crippen MR) is 82.9 cm³/mol. The third-order valence-corrected chi connectivity index (χ3v) is 3.82. The van der Waals surface area contributed by atoms with Crippen LogP contribution >= 0.6 is 0 Å². The summed E-state index contributed by atoms with van der Waals surface area (Å²) in [6.45, 7) is 0. The van der Waals surface area contributed by atoms with Gasteiger partial charge in [0.15, 0.2) is 0 Å². The zero-order valence-corrected chi connectivity index (χ0v) is 11.8. The van der Waals surface area contributed by atoms with E-state index < -0.39 is 5.60 Å². The summed E-state index contributed by atoms with van der Waals surface area (Å²) in [7, 11) is 0. The van der Waals surface area contributed by atoms with E-state index >= 15 is 0 Å². The maximum absolute atomic E-state index is 11.3. The summed E-state index contributed by atoms with van der Waals surface area (Å²) < 4.78 is 5.39. The van der Waals surface area contributed by atoms with Gasteiger partial charge in [0.1, 0.15) is 11.4 Å². The van der Waals surface area contributed by atoms with Gasteiger partial charge in [0, 0.05) is 6.42 Å². The molecule has 0 bridgehead atoms. The lowest BCUT2D eigenvalue weighted by Crippen LogP contribution is -2.28. The second-order valence-electron chi connectivity index (χ2n) is 5.17. The van der Waals surface area contributed by atoms with Crippen LogP contribution in [-0.2, 0) is 12.0 Å². The zero-order chi connectivity index (χ0) is 14.5. The first-order valence-electron chi connectivity index (χ1n) is 7.15. The summed E-state index contributed by atoms with van der Waals surface area (Å²) in [6.07, 6.45) is 2.93. The number of furan rings is 1. The summed E-state index contributed by atoms with van der Waals surface area (Å²) in [5, 5.41) is 11.3. The number of hydrogen-bond acceptors (Lipinski definition) is 2. The quantitative estimate of drug-likeness (QED) is 0.760. The van der Waals surface area contributed by atoms with E-state index in [0.717, 1.165) is 16.9 Å². The minimum atomic E-state index is -1.00. The van der Waals surface area contributed by atoms with Crippen molar-refractivity contribution in [3.63, 3.8) is 0 Å². The van der Waals surface area contributed by atoms with Crippen LogP contribution in [0, 0.1) is 0 Å². The standard InChI is InChI=1S/C19H18O2/c20-19(16-8-3-1-4-9-16,17-10-5-2-6-11-17)14-13-18-12-7-15-21-18/h1-12,15,20H,13-14H2. The molecular weight excluding hydrogens is 260 g/mol. The van der Waals surface area contributed by atoms with Crippen molar-refractivity contribution in [3.05, 3.63) is 95.9 Å². The molecule has 0 aliphatic carbocycles. The molecule has 0 radical (unpaired) electrons. The first kappa shape index (κ1) is 13.7. The molecule has 1 aromatic heterocycles. The number of rotatable bonds is 5. The first-order chi connectivity index (χ1) is 10.3. The van der Waals surface area contributed by atoms with Crippen LogP contribution in [0.15, 0.2) is 83.5 Å². The van der Waals surface area contributed by atoms with Crippen molar-refractivity contribution in [1.29, 1.82) is 0 Å². The van der Waals surface area contributed by atoms with Crippen LogP contribution < -0.4 is 0 Å². The van der Waals surface area contributed by atoms with Crippen LogP contribution in [-0.4, -0.2) is 5.11 Å². The van der Waals surface area contributed by atoms with E-state index in [4.69, 9.17) is 4.42 Å². The summed E-state index contributed by atoms with van der Waals surface area (Å²) in [5.41, 5.74) is 0.806. The van der Waals surface area contributed by atoms with Gasteiger partial charge in [0.25, 0.3) is 0 Å². The Balaban J connectivity index is 1.95. The van der Waals surface area contributed by atoms with Gasteiger partial charge in [-0.1, -0.05) is 60.7 Å². The molecule has 1 N–H and O–H groups in total. The molecule has 106 valence electrons. The highest BCUT2D eigenvalue weighted by molar-refractivity contribution is 5.36. The molecule has 0 aliphatic rings. The largest absolute Gasteiger partial charge is 0.469 e. The van der Waals surface area contributed by atoms with E-state index in [0.29, 0.717) is 12.8 Å². The van der Waals surface area contributed by atoms with Gasteiger partial charge >= 0.3 is 0 Å². The predicted octanol–water partition coefficient (Wildman–Crippen LogP) is 4.15. The average Bonchev–Trinajstić information content (AvgIpc) is 3.08. The molecule has 2 nitrogen and oxygen atoms in total. The molecule has 2 aromatic carbocycles. The molecule has 0 aliphatic heterocycles. The minimum Gasteiger partial charge on any atom is -0.469 e. The van der Waals surface area contributed by atoms with Gasteiger partial charge < -0.3 is 9.52 Å². The number of benzene rings is 2. The monoisotopic (exact) mass is 278 g/mol. The smallest absolute Gasteiger partial charge is 0.115 e. The Morgan fingerprint density at radius 3 is 1.81 bits per heavy atom. The Hall–Kier alpha value is -2.32. The van der Waals surface area contributed by atoms with Gasteiger partial charge in [-0.2, -0.15) is 0 Å². The lowest BCUT2D eigenvalue weighted by atomic mass is 9.82. The maximum Gasteiger partial charge on any atom is 0.115 e. The van der Waals surface area contributed by atoms with Crippen molar-refractivity contribution >= 4 is 0 Å². The topological polar surface area (TPSA) is 33.4 Å². The SMILES string of the molecule is OC(CCc1ccco1)(c1ccccc1)c1ccccc1. The highest BCUT2D eigenvalue weighted by atomic mass is 16.3. The maximum atomic E-state index is 11.3. The van der Waals surface area contributed by atoms with E-state index in [1.54, 1.807) is 6.26 Å². The first-order valence-corrected chi connectivity index (χ1v) is 7.15. The Labute approximate surface area is 124 Å². The molecule has 0 amide bonds. The summed E-state index contributed by atoms with van der Waals surface area (Å²) in [4.78, 5) is 0. The lowest BCUT2D eigenvalue weighted by molar-refractivity contribution is 0.0697. The van der Waals surface area contributed by atoms with Crippen LogP contribution in [0.5, 0.6) is 0 Å². The second kappa shape index (κ2) is 5.98. The Kier molecular flexibility index (Phi) is 3.89. The van der Waals surface area contributed by atoms with Crippen LogP contribution in [0.4, 0.5) is 0 Å². The summed E-state index contributed by atoms with van der Waals surface area (Å²) in [5.74, 6) is 0.889. The van der Waals surface area contributed by atoms with E-state index in [1.807, 2.05) is 72.8 Å². The molecule has 1 heterocycles. The fourth-order valence-corrected chi connectivity index (χ4v) is 2.64. The number of aryl methyl sites for hydroxylation is 1. The fourth-order valence-electron chi connectivity index (χ4n) is 2.64. The van der Waals surface area contributed by atoms with Crippen molar-refractivity contribution < 1.29 is 9.52 Å². The van der Waals surface area contributed by atoms with Crippen molar-refractivity contribution in [2.75, 3.05) is 0 Å². The summed E-state index contributed by atoms with van der Waals surface area (Å²) in [6, 6.07) is 23.4. The summed E-state index contributed by atoms with van der Waals surface area (Å²) >= 11 is 0. The highest BCUT2D eigenvalue weighted by Gasteiger charge is 2.31. The van der Waals surface area contributed by atoms with E-state index in [2.05, 4.69) is 0 Å². The number of hydrogen-bond donors (Lipinski definition) is 1. The molecule has 3 aromatic rings. The van der Waals surface area contributed by atoms with Crippen molar-refractivity contribution in [2.24, 2.45) is 0 Å². The molecular formula is C19H18O2. The zero-order valence-electron chi connectivity index (χ0n) is 11.8. The highest BCUT2D eigenvalue weighted by Crippen LogP contribution is 2.34. The van der Waals surface area contributed by atoms with Crippen LogP contribution in [0.3, 0.4) is 0 Å². The molecule has 0 fully saturated rings. The average molecular weight is 278 g/mol. The van der Waals surface area contributed by atoms with Crippen LogP contribution in [0.2, 0.25) is 0 Å². The normalized spacial score (nSPS) is 11.5. The molecule has 0 saturated heterocycles. The Morgan fingerprint density at radius 2 is 1.33 bits per heavy atom. The Bertz CT molecular complexity index is 618. The molecule has 0 saturated carbocycles. The molecule has 0 spiro atoms.